The van der Waals surface area contributed by atoms with Crippen molar-refractivity contribution in [3.63, 3.8) is 0 Å². The van der Waals surface area contributed by atoms with Crippen molar-refractivity contribution in [2.75, 3.05) is 26.2 Å². The predicted molar refractivity (Wildman–Crippen MR) is 97.1 cm³/mol. The second-order valence-electron chi connectivity index (χ2n) is 6.28. The number of halogens is 2. The molecule has 0 spiro atoms. The lowest BCUT2D eigenvalue weighted by molar-refractivity contribution is -0.134. The van der Waals surface area contributed by atoms with Gasteiger partial charge in [-0.25, -0.2) is 0 Å². The van der Waals surface area contributed by atoms with Crippen molar-refractivity contribution in [3.8, 4) is 0 Å². The summed E-state index contributed by atoms with van der Waals surface area (Å²) in [5.74, 6) is 0.418. The molecular formula is C17H16Cl2N2O2S. The summed E-state index contributed by atoms with van der Waals surface area (Å²) in [4.78, 5) is 29.1. The Morgan fingerprint density at radius 1 is 1.04 bits per heavy atom. The van der Waals surface area contributed by atoms with E-state index in [4.69, 9.17) is 23.2 Å². The summed E-state index contributed by atoms with van der Waals surface area (Å²) in [6.07, 6.45) is 2.02. The van der Waals surface area contributed by atoms with Gasteiger partial charge in [-0.1, -0.05) is 29.3 Å². The van der Waals surface area contributed by atoms with Gasteiger partial charge in [-0.05, 0) is 25.0 Å². The normalized spacial score (nSPS) is 18.2. The van der Waals surface area contributed by atoms with Crippen LogP contribution in [0.15, 0.2) is 18.2 Å². The average molecular weight is 383 g/mol. The van der Waals surface area contributed by atoms with Crippen molar-refractivity contribution in [1.82, 2.24) is 9.80 Å². The highest BCUT2D eigenvalue weighted by Gasteiger charge is 2.35. The molecule has 1 saturated heterocycles. The average Bonchev–Trinajstić information content (AvgIpc) is 3.39. The number of thiophene rings is 1. The monoisotopic (exact) mass is 382 g/mol. The van der Waals surface area contributed by atoms with E-state index in [1.165, 1.54) is 11.3 Å². The van der Waals surface area contributed by atoms with E-state index in [9.17, 15) is 9.59 Å². The molecule has 2 fully saturated rings. The number of hydrogen-bond acceptors (Lipinski definition) is 3. The number of piperazine rings is 1. The van der Waals surface area contributed by atoms with Crippen molar-refractivity contribution < 1.29 is 9.59 Å². The fourth-order valence-electron chi connectivity index (χ4n) is 3.04. The molecule has 0 bridgehead atoms. The van der Waals surface area contributed by atoms with E-state index in [2.05, 4.69) is 0 Å². The van der Waals surface area contributed by atoms with Crippen LogP contribution in [0.1, 0.15) is 22.5 Å². The molecule has 126 valence electrons. The zero-order valence-corrected chi connectivity index (χ0v) is 15.3. The number of amides is 2. The first-order valence-electron chi connectivity index (χ1n) is 8.00. The Balaban J connectivity index is 1.50. The topological polar surface area (TPSA) is 40.6 Å². The van der Waals surface area contributed by atoms with Gasteiger partial charge in [0.1, 0.15) is 4.88 Å². The maximum atomic E-state index is 12.8. The lowest BCUT2D eigenvalue weighted by Crippen LogP contribution is -2.50. The van der Waals surface area contributed by atoms with Gasteiger partial charge in [-0.3, -0.25) is 9.59 Å². The fraction of sp³-hybridized carbons (Fsp3) is 0.412. The van der Waals surface area contributed by atoms with Gasteiger partial charge in [0, 0.05) is 47.2 Å². The van der Waals surface area contributed by atoms with Crippen molar-refractivity contribution in [1.29, 1.82) is 0 Å². The number of fused-ring (bicyclic) bond motifs is 1. The van der Waals surface area contributed by atoms with Gasteiger partial charge in [0.05, 0.1) is 5.02 Å². The number of benzene rings is 1. The van der Waals surface area contributed by atoms with Gasteiger partial charge < -0.3 is 9.80 Å². The van der Waals surface area contributed by atoms with Crippen LogP contribution in [0, 0.1) is 5.92 Å². The third-order valence-electron chi connectivity index (χ3n) is 4.59. The number of rotatable bonds is 2. The minimum Gasteiger partial charge on any atom is -0.339 e. The third-order valence-corrected chi connectivity index (χ3v) is 6.47. The summed E-state index contributed by atoms with van der Waals surface area (Å²) < 4.78 is 0.915. The first-order valence-corrected chi connectivity index (χ1v) is 9.57. The lowest BCUT2D eigenvalue weighted by atomic mass is 10.2. The Hall–Kier alpha value is -1.30. The van der Waals surface area contributed by atoms with Crippen LogP contribution in [-0.4, -0.2) is 47.8 Å². The van der Waals surface area contributed by atoms with E-state index in [-0.39, 0.29) is 17.7 Å². The summed E-state index contributed by atoms with van der Waals surface area (Å²) in [6.45, 7) is 2.33. The maximum Gasteiger partial charge on any atom is 0.265 e. The molecule has 0 atom stereocenters. The molecule has 2 amide bonds. The summed E-state index contributed by atoms with van der Waals surface area (Å²) in [5, 5.41) is 1.98. The quantitative estimate of drug-likeness (QED) is 0.789. The number of hydrogen-bond donors (Lipinski definition) is 0. The highest BCUT2D eigenvalue weighted by atomic mass is 35.5. The number of carbonyl (C=O) groups is 2. The second-order valence-corrected chi connectivity index (χ2v) is 8.14. The van der Waals surface area contributed by atoms with Crippen molar-refractivity contribution >= 4 is 56.4 Å². The maximum absolute atomic E-state index is 12.8. The number of carbonyl (C=O) groups excluding carboxylic acids is 2. The van der Waals surface area contributed by atoms with Crippen LogP contribution in [0.25, 0.3) is 10.1 Å². The van der Waals surface area contributed by atoms with Crippen LogP contribution >= 0.6 is 34.5 Å². The zero-order valence-electron chi connectivity index (χ0n) is 12.9. The SMILES string of the molecule is O=C(c1sc2cc(Cl)ccc2c1Cl)N1CCN(C(=O)C2CC2)CC1. The molecule has 4 nitrogen and oxygen atoms in total. The molecule has 0 radical (unpaired) electrons. The first kappa shape index (κ1) is 16.2. The van der Waals surface area contributed by atoms with Crippen LogP contribution in [0.4, 0.5) is 0 Å². The van der Waals surface area contributed by atoms with Gasteiger partial charge in [-0.2, -0.15) is 0 Å². The van der Waals surface area contributed by atoms with E-state index in [0.29, 0.717) is 41.1 Å². The summed E-state index contributed by atoms with van der Waals surface area (Å²) in [7, 11) is 0. The Labute approximate surface area is 153 Å². The zero-order chi connectivity index (χ0) is 16.8. The predicted octanol–water partition coefficient (Wildman–Crippen LogP) is 3.90. The Kier molecular flexibility index (Phi) is 4.19. The van der Waals surface area contributed by atoms with Crippen LogP contribution in [0.3, 0.4) is 0 Å². The smallest absolute Gasteiger partial charge is 0.265 e. The van der Waals surface area contributed by atoms with Crippen LogP contribution < -0.4 is 0 Å². The molecule has 1 saturated carbocycles. The van der Waals surface area contributed by atoms with Gasteiger partial charge in [0.15, 0.2) is 0 Å². The van der Waals surface area contributed by atoms with Crippen LogP contribution in [-0.2, 0) is 4.79 Å². The molecule has 7 heteroatoms. The van der Waals surface area contributed by atoms with Gasteiger partial charge >= 0.3 is 0 Å². The molecule has 2 aromatic rings. The minimum atomic E-state index is -0.0594. The molecule has 1 aromatic carbocycles. The Bertz CT molecular complexity index is 823. The molecule has 2 aliphatic rings. The van der Waals surface area contributed by atoms with E-state index in [0.717, 1.165) is 22.9 Å². The summed E-state index contributed by atoms with van der Waals surface area (Å²) >= 11 is 13.8. The van der Waals surface area contributed by atoms with E-state index < -0.39 is 0 Å². The highest BCUT2D eigenvalue weighted by molar-refractivity contribution is 7.21. The van der Waals surface area contributed by atoms with E-state index >= 15 is 0 Å². The van der Waals surface area contributed by atoms with E-state index in [1.807, 2.05) is 17.0 Å². The number of nitrogens with zero attached hydrogens (tertiary/aromatic N) is 2. The second kappa shape index (κ2) is 6.21. The molecule has 2 heterocycles. The molecule has 1 aliphatic carbocycles. The fourth-order valence-corrected chi connectivity index (χ4v) is 4.79. The van der Waals surface area contributed by atoms with Crippen molar-refractivity contribution in [2.24, 2.45) is 5.92 Å². The standard InChI is InChI=1S/C17H16Cl2N2O2S/c18-11-3-4-12-13(9-11)24-15(14(12)19)17(23)21-7-5-20(6-8-21)16(22)10-1-2-10/h3-4,9-10H,1-2,5-8H2. The molecule has 1 aromatic heterocycles. The first-order chi connectivity index (χ1) is 11.5. The largest absolute Gasteiger partial charge is 0.339 e. The van der Waals surface area contributed by atoms with Gasteiger partial charge in [-0.15, -0.1) is 11.3 Å². The molecule has 1 aliphatic heterocycles. The van der Waals surface area contributed by atoms with Crippen LogP contribution in [0.2, 0.25) is 10.0 Å². The summed E-state index contributed by atoms with van der Waals surface area (Å²) in [5.41, 5.74) is 0. The molecule has 0 N–H and O–H groups in total. The molecule has 0 unspecified atom stereocenters. The van der Waals surface area contributed by atoms with E-state index in [1.54, 1.807) is 11.0 Å². The lowest BCUT2D eigenvalue weighted by Gasteiger charge is -2.34. The van der Waals surface area contributed by atoms with Gasteiger partial charge in [0.2, 0.25) is 5.91 Å². The Morgan fingerprint density at radius 3 is 2.38 bits per heavy atom. The minimum absolute atomic E-state index is 0.0594. The van der Waals surface area contributed by atoms with Crippen LogP contribution in [0.5, 0.6) is 0 Å². The third kappa shape index (κ3) is 2.89. The van der Waals surface area contributed by atoms with Crippen molar-refractivity contribution in [3.05, 3.63) is 33.1 Å². The van der Waals surface area contributed by atoms with Gasteiger partial charge in [0.25, 0.3) is 5.91 Å². The molecular weight excluding hydrogens is 367 g/mol. The highest BCUT2D eigenvalue weighted by Crippen LogP contribution is 2.37. The molecule has 4 rings (SSSR count). The molecule has 24 heavy (non-hydrogen) atoms. The Morgan fingerprint density at radius 2 is 1.71 bits per heavy atom. The van der Waals surface area contributed by atoms with Crippen molar-refractivity contribution in [2.45, 2.75) is 12.8 Å². The summed E-state index contributed by atoms with van der Waals surface area (Å²) in [6, 6.07) is 5.45.